The lowest BCUT2D eigenvalue weighted by molar-refractivity contribution is -0.137. The molecule has 2 heterocycles. The summed E-state index contributed by atoms with van der Waals surface area (Å²) in [4.78, 5) is 18.2. The van der Waals surface area contributed by atoms with Gasteiger partial charge < -0.3 is 19.3 Å². The van der Waals surface area contributed by atoms with Gasteiger partial charge in [-0.15, -0.1) is 11.8 Å². The molecular weight excluding hydrogens is 360 g/mol. The molecule has 0 spiro atoms. The van der Waals surface area contributed by atoms with Crippen LogP contribution in [0.4, 0.5) is 5.69 Å². The van der Waals surface area contributed by atoms with Crippen molar-refractivity contribution in [3.63, 3.8) is 0 Å². The molecule has 1 fully saturated rings. The third-order valence-electron chi connectivity index (χ3n) is 4.91. The van der Waals surface area contributed by atoms with Crippen LogP contribution in [0.15, 0.2) is 53.4 Å². The Morgan fingerprint density at radius 1 is 1.15 bits per heavy atom. The van der Waals surface area contributed by atoms with Gasteiger partial charge in [-0.25, -0.2) is 0 Å². The highest BCUT2D eigenvalue weighted by Crippen LogP contribution is 2.35. The minimum Gasteiger partial charge on any atom is -0.479 e. The third-order valence-corrected chi connectivity index (χ3v) is 6.03. The smallest absolute Gasteiger partial charge is 0.264 e. The zero-order valence-electron chi connectivity index (χ0n) is 15.5. The Balaban J connectivity index is 1.45. The Bertz CT molecular complexity index is 808. The summed E-state index contributed by atoms with van der Waals surface area (Å²) < 4.78 is 11.4. The normalized spacial score (nSPS) is 19.1. The summed E-state index contributed by atoms with van der Waals surface area (Å²) in [5, 5.41) is 0. The van der Waals surface area contributed by atoms with Gasteiger partial charge in [0.25, 0.3) is 5.91 Å². The number of fused-ring (bicyclic) bond motifs is 1. The maximum atomic E-state index is 13.0. The number of benzene rings is 2. The van der Waals surface area contributed by atoms with Gasteiger partial charge in [0, 0.05) is 43.0 Å². The average molecular weight is 385 g/mol. The molecule has 0 unspecified atom stereocenters. The Morgan fingerprint density at radius 2 is 1.89 bits per heavy atom. The molecule has 0 bridgehead atoms. The van der Waals surface area contributed by atoms with E-state index in [4.69, 9.17) is 9.47 Å². The van der Waals surface area contributed by atoms with Crippen LogP contribution in [0.25, 0.3) is 0 Å². The van der Waals surface area contributed by atoms with Crippen LogP contribution in [0.1, 0.15) is 5.56 Å². The van der Waals surface area contributed by atoms with E-state index < -0.39 is 6.10 Å². The van der Waals surface area contributed by atoms with E-state index in [1.165, 1.54) is 5.69 Å². The van der Waals surface area contributed by atoms with Crippen LogP contribution >= 0.6 is 11.8 Å². The van der Waals surface area contributed by atoms with Crippen LogP contribution < -0.4 is 9.64 Å². The zero-order chi connectivity index (χ0) is 18.6. The maximum absolute atomic E-state index is 13.0. The number of likely N-dealkylation sites (N-methyl/N-ethyl adjacent to an activating group) is 1. The van der Waals surface area contributed by atoms with Gasteiger partial charge >= 0.3 is 0 Å². The summed E-state index contributed by atoms with van der Waals surface area (Å²) in [6.45, 7) is 3.82. The van der Waals surface area contributed by atoms with E-state index >= 15 is 0 Å². The van der Waals surface area contributed by atoms with Crippen molar-refractivity contribution in [1.82, 2.24) is 4.90 Å². The molecule has 4 rings (SSSR count). The van der Waals surface area contributed by atoms with Gasteiger partial charge in [0.2, 0.25) is 0 Å². The van der Waals surface area contributed by atoms with Crippen LogP contribution in [0.3, 0.4) is 0 Å². The second-order valence-electron chi connectivity index (χ2n) is 6.79. The van der Waals surface area contributed by atoms with Gasteiger partial charge in [0.05, 0.1) is 13.2 Å². The molecule has 2 aliphatic rings. The number of carbonyl (C=O) groups excluding carboxylic acids is 1. The highest BCUT2D eigenvalue weighted by Gasteiger charge is 2.29. The predicted octanol–water partition coefficient (Wildman–Crippen LogP) is 3.03. The molecule has 0 aromatic heterocycles. The number of ether oxygens (including phenoxy) is 2. The summed E-state index contributed by atoms with van der Waals surface area (Å²) in [7, 11) is 1.85. The van der Waals surface area contributed by atoms with Crippen LogP contribution in [-0.2, 0) is 16.1 Å². The molecule has 0 saturated carbocycles. The lowest BCUT2D eigenvalue weighted by Gasteiger charge is -2.32. The molecule has 27 heavy (non-hydrogen) atoms. The number of hydrogen-bond donors (Lipinski definition) is 0. The molecule has 2 aromatic rings. The Kier molecular flexibility index (Phi) is 5.55. The number of anilines is 1. The van der Waals surface area contributed by atoms with Crippen molar-refractivity contribution in [2.45, 2.75) is 17.5 Å². The molecule has 6 heteroatoms. The molecule has 1 amide bonds. The number of hydrogen-bond acceptors (Lipinski definition) is 5. The molecule has 1 atom stereocenters. The van der Waals surface area contributed by atoms with Gasteiger partial charge in [0.15, 0.2) is 6.10 Å². The second kappa shape index (κ2) is 8.23. The van der Waals surface area contributed by atoms with Gasteiger partial charge in [-0.05, 0) is 23.8 Å². The fraction of sp³-hybridized carbons (Fsp3) is 0.381. The van der Waals surface area contributed by atoms with E-state index in [0.717, 1.165) is 42.5 Å². The van der Waals surface area contributed by atoms with E-state index in [-0.39, 0.29) is 5.91 Å². The Morgan fingerprint density at radius 3 is 2.74 bits per heavy atom. The minimum atomic E-state index is -0.439. The lowest BCUT2D eigenvalue weighted by atomic mass is 10.1. The average Bonchev–Trinajstić information content (AvgIpc) is 2.74. The second-order valence-corrected chi connectivity index (χ2v) is 7.85. The highest BCUT2D eigenvalue weighted by atomic mass is 32.2. The molecule has 5 nitrogen and oxygen atoms in total. The van der Waals surface area contributed by atoms with Gasteiger partial charge in [-0.2, -0.15) is 0 Å². The van der Waals surface area contributed by atoms with Crippen molar-refractivity contribution >= 4 is 23.4 Å². The first kappa shape index (κ1) is 18.2. The fourth-order valence-corrected chi connectivity index (χ4v) is 4.45. The number of morpholine rings is 1. The number of para-hydroxylation sites is 2. The number of thioether (sulfide) groups is 1. The van der Waals surface area contributed by atoms with E-state index in [1.54, 1.807) is 16.7 Å². The summed E-state index contributed by atoms with van der Waals surface area (Å²) in [5.74, 6) is 1.47. The number of carbonyl (C=O) groups is 1. The quantitative estimate of drug-likeness (QED) is 0.811. The van der Waals surface area contributed by atoms with Crippen molar-refractivity contribution in [1.29, 1.82) is 0 Å². The van der Waals surface area contributed by atoms with Gasteiger partial charge in [-0.1, -0.05) is 30.3 Å². The number of nitrogens with zero attached hydrogens (tertiary/aromatic N) is 2. The van der Waals surface area contributed by atoms with Crippen molar-refractivity contribution in [3.05, 3.63) is 54.1 Å². The molecule has 2 aliphatic heterocycles. The molecule has 142 valence electrons. The summed E-state index contributed by atoms with van der Waals surface area (Å²) in [6, 6.07) is 16.2. The number of rotatable bonds is 4. The van der Waals surface area contributed by atoms with Gasteiger partial charge in [-0.3, -0.25) is 4.79 Å². The summed E-state index contributed by atoms with van der Waals surface area (Å²) >= 11 is 1.68. The largest absolute Gasteiger partial charge is 0.479 e. The molecule has 0 N–H and O–H groups in total. The lowest BCUT2D eigenvalue weighted by Crippen LogP contribution is -2.42. The molecule has 0 aliphatic carbocycles. The van der Waals surface area contributed by atoms with Crippen molar-refractivity contribution in [3.8, 4) is 5.75 Å². The minimum absolute atomic E-state index is 0.0220. The topological polar surface area (TPSA) is 42.0 Å². The number of amides is 1. The van der Waals surface area contributed by atoms with Crippen molar-refractivity contribution in [2.24, 2.45) is 0 Å². The predicted molar refractivity (Wildman–Crippen MR) is 108 cm³/mol. The van der Waals surface area contributed by atoms with E-state index in [0.29, 0.717) is 12.3 Å². The standard InChI is InChI=1S/C21H24N2O3S/c1-22(21(24)19-15-27-20-9-5-4-8-18(20)26-19)14-16-6-2-3-7-17(16)23-10-12-25-13-11-23/h2-9,19H,10-15H2,1H3/t19-/m1/s1. The van der Waals surface area contributed by atoms with E-state index in [9.17, 15) is 4.79 Å². The molecule has 2 aromatic carbocycles. The Labute approximate surface area is 164 Å². The Hall–Kier alpha value is -2.18. The van der Waals surface area contributed by atoms with Crippen LogP contribution in [0.5, 0.6) is 5.75 Å². The van der Waals surface area contributed by atoms with Gasteiger partial charge in [0.1, 0.15) is 5.75 Å². The first-order chi connectivity index (χ1) is 13.2. The third kappa shape index (κ3) is 4.06. The SMILES string of the molecule is CN(Cc1ccccc1N1CCOCC1)C(=O)[C@H]1CSc2ccccc2O1. The van der Waals surface area contributed by atoms with Crippen LogP contribution in [0.2, 0.25) is 0 Å². The summed E-state index contributed by atoms with van der Waals surface area (Å²) in [5.41, 5.74) is 2.34. The highest BCUT2D eigenvalue weighted by molar-refractivity contribution is 7.99. The summed E-state index contributed by atoms with van der Waals surface area (Å²) in [6.07, 6.45) is -0.439. The van der Waals surface area contributed by atoms with E-state index in [2.05, 4.69) is 17.0 Å². The van der Waals surface area contributed by atoms with Crippen LogP contribution in [0, 0.1) is 0 Å². The van der Waals surface area contributed by atoms with E-state index in [1.807, 2.05) is 43.4 Å². The molecule has 0 radical (unpaired) electrons. The maximum Gasteiger partial charge on any atom is 0.264 e. The van der Waals surface area contributed by atoms with Crippen molar-refractivity contribution < 1.29 is 14.3 Å². The molecular formula is C21H24N2O3S. The van der Waals surface area contributed by atoms with Crippen molar-refractivity contribution in [2.75, 3.05) is 44.0 Å². The zero-order valence-corrected chi connectivity index (χ0v) is 16.3. The molecule has 1 saturated heterocycles. The first-order valence-corrected chi connectivity index (χ1v) is 10.2. The fourth-order valence-electron chi connectivity index (χ4n) is 3.48. The van der Waals surface area contributed by atoms with Crippen LogP contribution in [-0.4, -0.2) is 56.0 Å². The monoisotopic (exact) mass is 384 g/mol. The first-order valence-electron chi connectivity index (χ1n) is 9.26.